The second-order valence-electron chi connectivity index (χ2n) is 5.42. The lowest BCUT2D eigenvalue weighted by Crippen LogP contribution is -2.43. The van der Waals surface area contributed by atoms with Crippen molar-refractivity contribution in [1.29, 1.82) is 0 Å². The molecule has 0 aromatic carbocycles. The second kappa shape index (κ2) is 5.74. The van der Waals surface area contributed by atoms with Crippen LogP contribution in [0.15, 0.2) is 0 Å². The number of nitrogen functional groups attached to an aromatic ring is 1. The van der Waals surface area contributed by atoms with E-state index in [2.05, 4.69) is 30.7 Å². The molecule has 0 bridgehead atoms. The van der Waals surface area contributed by atoms with E-state index in [4.69, 9.17) is 15.5 Å². The largest absolute Gasteiger partial charge is 0.383 e. The third-order valence-corrected chi connectivity index (χ3v) is 3.59. The van der Waals surface area contributed by atoms with Crippen LogP contribution in [-0.4, -0.2) is 35.8 Å². The number of anilines is 2. The van der Waals surface area contributed by atoms with Gasteiger partial charge in [0, 0.05) is 24.6 Å². The molecule has 0 aliphatic carbocycles. The third-order valence-electron chi connectivity index (χ3n) is 3.59. The molecule has 1 aliphatic heterocycles. The molecule has 0 spiro atoms. The highest BCUT2D eigenvalue weighted by Crippen LogP contribution is 2.26. The van der Waals surface area contributed by atoms with Crippen LogP contribution in [-0.2, 0) is 4.74 Å². The van der Waals surface area contributed by atoms with Crippen LogP contribution in [0.2, 0.25) is 0 Å². The van der Waals surface area contributed by atoms with Gasteiger partial charge in [-0.3, -0.25) is 0 Å². The molecule has 2 rings (SSSR count). The van der Waals surface area contributed by atoms with Gasteiger partial charge in [-0.1, -0.05) is 20.8 Å². The Morgan fingerprint density at radius 1 is 1.42 bits per heavy atom. The normalized spacial score (nSPS) is 20.1. The van der Waals surface area contributed by atoms with Gasteiger partial charge < -0.3 is 15.4 Å². The Morgan fingerprint density at radius 3 is 2.79 bits per heavy atom. The summed E-state index contributed by atoms with van der Waals surface area (Å²) in [4.78, 5) is 11.4. The molecule has 1 atom stereocenters. The number of hydrogen-bond acceptors (Lipinski definition) is 5. The van der Waals surface area contributed by atoms with E-state index in [1.165, 1.54) is 0 Å². The Labute approximate surface area is 115 Å². The van der Waals surface area contributed by atoms with Crippen LogP contribution in [0, 0.1) is 6.92 Å². The van der Waals surface area contributed by atoms with Crippen molar-refractivity contribution in [2.24, 2.45) is 0 Å². The van der Waals surface area contributed by atoms with E-state index < -0.39 is 0 Å². The van der Waals surface area contributed by atoms with E-state index in [-0.39, 0.29) is 12.0 Å². The molecule has 0 radical (unpaired) electrons. The monoisotopic (exact) mass is 264 g/mol. The van der Waals surface area contributed by atoms with E-state index >= 15 is 0 Å². The summed E-state index contributed by atoms with van der Waals surface area (Å²) in [5.74, 6) is 2.66. The first-order valence-electron chi connectivity index (χ1n) is 7.03. The summed E-state index contributed by atoms with van der Waals surface area (Å²) in [6.07, 6.45) is 1.31. The van der Waals surface area contributed by atoms with Gasteiger partial charge in [0.15, 0.2) is 0 Å². The van der Waals surface area contributed by atoms with Gasteiger partial charge in [-0.2, -0.15) is 0 Å². The van der Waals surface area contributed by atoms with Crippen molar-refractivity contribution in [2.75, 3.05) is 30.3 Å². The summed E-state index contributed by atoms with van der Waals surface area (Å²) in [6, 6.07) is 0. The number of ether oxygens (including phenoxy) is 1. The van der Waals surface area contributed by atoms with Gasteiger partial charge in [0.25, 0.3) is 0 Å². The Kier molecular flexibility index (Phi) is 4.24. The minimum absolute atomic E-state index is 0.282. The molecular formula is C14H24N4O. The Hall–Kier alpha value is -1.36. The lowest BCUT2D eigenvalue weighted by Gasteiger charge is -2.34. The van der Waals surface area contributed by atoms with Gasteiger partial charge in [-0.05, 0) is 13.3 Å². The average molecular weight is 264 g/mol. The van der Waals surface area contributed by atoms with E-state index in [1.807, 2.05) is 6.92 Å². The number of hydrogen-bond donors (Lipinski definition) is 1. The molecule has 1 aromatic rings. The van der Waals surface area contributed by atoms with Crippen LogP contribution in [0.25, 0.3) is 0 Å². The first kappa shape index (κ1) is 14.1. The van der Waals surface area contributed by atoms with Crippen molar-refractivity contribution in [2.45, 2.75) is 46.1 Å². The first-order valence-corrected chi connectivity index (χ1v) is 7.03. The highest BCUT2D eigenvalue weighted by atomic mass is 16.5. The number of rotatable bonds is 3. The number of nitrogens with two attached hydrogens (primary N) is 1. The van der Waals surface area contributed by atoms with Crippen molar-refractivity contribution in [3.05, 3.63) is 11.4 Å². The maximum atomic E-state index is 6.02. The molecular weight excluding hydrogens is 240 g/mol. The average Bonchev–Trinajstić information content (AvgIpc) is 2.41. The zero-order valence-electron chi connectivity index (χ0n) is 12.3. The summed E-state index contributed by atoms with van der Waals surface area (Å²) >= 11 is 0. The predicted octanol–water partition coefficient (Wildman–Crippen LogP) is 2.11. The van der Waals surface area contributed by atoms with Crippen molar-refractivity contribution in [1.82, 2.24) is 9.97 Å². The molecule has 0 saturated carbocycles. The van der Waals surface area contributed by atoms with E-state index in [9.17, 15) is 0 Å². The molecule has 1 unspecified atom stereocenters. The topological polar surface area (TPSA) is 64.3 Å². The number of morpholine rings is 1. The summed E-state index contributed by atoms with van der Waals surface area (Å²) in [5, 5.41) is 0. The van der Waals surface area contributed by atoms with Crippen LogP contribution < -0.4 is 10.6 Å². The maximum absolute atomic E-state index is 6.02. The molecule has 19 heavy (non-hydrogen) atoms. The lowest BCUT2D eigenvalue weighted by molar-refractivity contribution is 0.0381. The van der Waals surface area contributed by atoms with Crippen molar-refractivity contribution >= 4 is 11.6 Å². The van der Waals surface area contributed by atoms with Gasteiger partial charge in [0.2, 0.25) is 0 Å². The molecule has 106 valence electrons. The summed E-state index contributed by atoms with van der Waals surface area (Å²) in [6.45, 7) is 10.8. The Balaban J connectivity index is 2.32. The smallest absolute Gasteiger partial charge is 0.137 e. The van der Waals surface area contributed by atoms with Crippen LogP contribution in [0.4, 0.5) is 11.6 Å². The molecule has 1 fully saturated rings. The molecule has 0 amide bonds. The molecule has 1 saturated heterocycles. The van der Waals surface area contributed by atoms with E-state index in [0.717, 1.165) is 43.3 Å². The van der Waals surface area contributed by atoms with Crippen molar-refractivity contribution in [3.8, 4) is 0 Å². The second-order valence-corrected chi connectivity index (χ2v) is 5.42. The third kappa shape index (κ3) is 2.97. The lowest BCUT2D eigenvalue weighted by atomic mass is 10.1. The zero-order chi connectivity index (χ0) is 14.0. The molecule has 5 nitrogen and oxygen atoms in total. The number of nitrogens with zero attached hydrogens (tertiary/aromatic N) is 3. The van der Waals surface area contributed by atoms with Gasteiger partial charge >= 0.3 is 0 Å². The molecule has 1 aromatic heterocycles. The van der Waals surface area contributed by atoms with Gasteiger partial charge in [0.05, 0.1) is 12.7 Å². The summed E-state index contributed by atoms with van der Waals surface area (Å²) < 4.78 is 5.71. The van der Waals surface area contributed by atoms with Gasteiger partial charge in [0.1, 0.15) is 17.5 Å². The van der Waals surface area contributed by atoms with Crippen LogP contribution in [0.5, 0.6) is 0 Å². The van der Waals surface area contributed by atoms with E-state index in [0.29, 0.717) is 5.82 Å². The van der Waals surface area contributed by atoms with Crippen LogP contribution >= 0.6 is 0 Å². The highest BCUT2D eigenvalue weighted by Gasteiger charge is 2.23. The van der Waals surface area contributed by atoms with Crippen LogP contribution in [0.1, 0.15) is 44.5 Å². The van der Waals surface area contributed by atoms with Crippen molar-refractivity contribution in [3.63, 3.8) is 0 Å². The standard InChI is InChI=1S/C14H24N4O/c1-5-11-8-18(6-7-19-11)14-10(4)12(15)16-13(17-14)9(2)3/h9,11H,5-8H2,1-4H3,(H2,15,16,17). The van der Waals surface area contributed by atoms with Gasteiger partial charge in [-0.15, -0.1) is 0 Å². The zero-order valence-corrected chi connectivity index (χ0v) is 12.3. The maximum Gasteiger partial charge on any atom is 0.137 e. The minimum atomic E-state index is 0.282. The Bertz CT molecular complexity index is 447. The fourth-order valence-corrected chi connectivity index (χ4v) is 2.26. The SMILES string of the molecule is CCC1CN(c2nc(C(C)C)nc(N)c2C)CCO1. The van der Waals surface area contributed by atoms with Crippen LogP contribution in [0.3, 0.4) is 0 Å². The fourth-order valence-electron chi connectivity index (χ4n) is 2.26. The molecule has 1 aliphatic rings. The molecule has 2 heterocycles. The quantitative estimate of drug-likeness (QED) is 0.905. The Morgan fingerprint density at radius 2 is 2.16 bits per heavy atom. The summed E-state index contributed by atoms with van der Waals surface area (Å²) in [7, 11) is 0. The van der Waals surface area contributed by atoms with E-state index in [1.54, 1.807) is 0 Å². The highest BCUT2D eigenvalue weighted by molar-refractivity contribution is 5.57. The summed E-state index contributed by atoms with van der Waals surface area (Å²) in [5.41, 5.74) is 7.00. The number of aromatic nitrogens is 2. The first-order chi connectivity index (χ1) is 9.02. The minimum Gasteiger partial charge on any atom is -0.383 e. The predicted molar refractivity (Wildman–Crippen MR) is 77.5 cm³/mol. The van der Waals surface area contributed by atoms with Gasteiger partial charge in [-0.25, -0.2) is 9.97 Å². The fraction of sp³-hybridized carbons (Fsp3) is 0.714. The van der Waals surface area contributed by atoms with Crippen molar-refractivity contribution < 1.29 is 4.74 Å². The molecule has 2 N–H and O–H groups in total. The molecule has 5 heteroatoms.